The predicted molar refractivity (Wildman–Crippen MR) is 83.1 cm³/mol. The van der Waals surface area contributed by atoms with E-state index in [9.17, 15) is 9.59 Å². The van der Waals surface area contributed by atoms with Crippen LogP contribution in [0.4, 0.5) is 5.69 Å². The molecule has 2 atom stereocenters. The smallest absolute Gasteiger partial charge is 0.239 e. The third-order valence-corrected chi connectivity index (χ3v) is 3.96. The van der Waals surface area contributed by atoms with Gasteiger partial charge < -0.3 is 16.0 Å². The van der Waals surface area contributed by atoms with Crippen LogP contribution in [-0.2, 0) is 9.59 Å². The van der Waals surface area contributed by atoms with Crippen LogP contribution in [0.1, 0.15) is 38.2 Å². The van der Waals surface area contributed by atoms with Gasteiger partial charge in [-0.2, -0.15) is 0 Å². The third-order valence-electron chi connectivity index (χ3n) is 3.96. The van der Waals surface area contributed by atoms with Crippen LogP contribution in [0, 0.1) is 0 Å². The van der Waals surface area contributed by atoms with E-state index in [1.54, 1.807) is 0 Å². The van der Waals surface area contributed by atoms with Crippen LogP contribution in [0.3, 0.4) is 0 Å². The zero-order valence-electron chi connectivity index (χ0n) is 12.6. The van der Waals surface area contributed by atoms with Crippen molar-refractivity contribution in [3.63, 3.8) is 0 Å². The molecule has 0 aliphatic carbocycles. The summed E-state index contributed by atoms with van der Waals surface area (Å²) in [6, 6.07) is 7.80. The zero-order chi connectivity index (χ0) is 15.4. The van der Waals surface area contributed by atoms with Crippen LogP contribution < -0.4 is 16.0 Å². The van der Waals surface area contributed by atoms with Crippen molar-refractivity contribution >= 4 is 17.5 Å². The summed E-state index contributed by atoms with van der Waals surface area (Å²) in [6.07, 6.45) is 1.56. The fourth-order valence-corrected chi connectivity index (χ4v) is 2.86. The number of amides is 2. The minimum absolute atomic E-state index is 0.0102. The van der Waals surface area contributed by atoms with E-state index in [1.807, 2.05) is 38.1 Å². The fourth-order valence-electron chi connectivity index (χ4n) is 2.86. The first kappa shape index (κ1) is 15.4. The molecule has 0 bridgehead atoms. The van der Waals surface area contributed by atoms with Crippen molar-refractivity contribution in [3.05, 3.63) is 29.8 Å². The van der Waals surface area contributed by atoms with E-state index in [2.05, 4.69) is 10.2 Å². The molecule has 5 heteroatoms. The molecule has 114 valence electrons. The quantitative estimate of drug-likeness (QED) is 0.860. The van der Waals surface area contributed by atoms with Crippen LogP contribution in [-0.4, -0.2) is 30.9 Å². The van der Waals surface area contributed by atoms with Crippen molar-refractivity contribution in [2.24, 2.45) is 5.73 Å². The van der Waals surface area contributed by atoms with Gasteiger partial charge in [-0.15, -0.1) is 0 Å². The number of hydrogen-bond acceptors (Lipinski definition) is 3. The molecule has 0 saturated carbocycles. The molecule has 1 aliphatic heterocycles. The second-order valence-electron chi connectivity index (χ2n) is 5.58. The average Bonchev–Trinajstić information content (AvgIpc) is 2.47. The van der Waals surface area contributed by atoms with E-state index >= 15 is 0 Å². The first-order chi connectivity index (χ1) is 10.0. The summed E-state index contributed by atoms with van der Waals surface area (Å²) in [4.78, 5) is 25.7. The molecule has 1 aromatic carbocycles. The summed E-state index contributed by atoms with van der Waals surface area (Å²) in [7, 11) is 0. The van der Waals surface area contributed by atoms with Crippen molar-refractivity contribution in [3.8, 4) is 0 Å². The molecule has 0 radical (unpaired) electrons. The predicted octanol–water partition coefficient (Wildman–Crippen LogP) is 1.38. The van der Waals surface area contributed by atoms with Gasteiger partial charge in [0.1, 0.15) is 0 Å². The lowest BCUT2D eigenvalue weighted by molar-refractivity contribution is -0.120. The number of carbonyl (C=O) groups is 2. The lowest BCUT2D eigenvalue weighted by atomic mass is 9.85. The second-order valence-corrected chi connectivity index (χ2v) is 5.58. The summed E-state index contributed by atoms with van der Waals surface area (Å²) < 4.78 is 0. The monoisotopic (exact) mass is 289 g/mol. The lowest BCUT2D eigenvalue weighted by Crippen LogP contribution is -2.46. The van der Waals surface area contributed by atoms with Gasteiger partial charge in [0.05, 0.1) is 12.5 Å². The largest absolute Gasteiger partial charge is 0.369 e. The molecule has 0 aromatic heterocycles. The molecule has 0 fully saturated rings. The topological polar surface area (TPSA) is 75.4 Å². The Morgan fingerprint density at radius 1 is 1.38 bits per heavy atom. The van der Waals surface area contributed by atoms with Gasteiger partial charge in [0, 0.05) is 18.3 Å². The Balaban J connectivity index is 2.24. The maximum absolute atomic E-state index is 12.0. The van der Waals surface area contributed by atoms with Crippen molar-refractivity contribution in [2.75, 3.05) is 18.0 Å². The van der Waals surface area contributed by atoms with E-state index in [0.29, 0.717) is 19.5 Å². The number of nitrogens with one attached hydrogen (secondary N) is 1. The molecule has 2 rings (SSSR count). The lowest BCUT2D eigenvalue weighted by Gasteiger charge is -2.39. The minimum Gasteiger partial charge on any atom is -0.369 e. The number of benzene rings is 1. The van der Waals surface area contributed by atoms with Crippen molar-refractivity contribution in [2.45, 2.75) is 38.6 Å². The molecule has 5 nitrogen and oxygen atoms in total. The minimum atomic E-state index is -0.301. The highest BCUT2D eigenvalue weighted by molar-refractivity contribution is 5.87. The summed E-state index contributed by atoms with van der Waals surface area (Å²) in [5.41, 5.74) is 7.38. The van der Waals surface area contributed by atoms with Gasteiger partial charge >= 0.3 is 0 Å². The van der Waals surface area contributed by atoms with E-state index < -0.39 is 0 Å². The maximum atomic E-state index is 12.0. The second kappa shape index (κ2) is 6.61. The Labute approximate surface area is 125 Å². The number of hydrogen-bond donors (Lipinski definition) is 2. The number of nitrogens with two attached hydrogens (primary N) is 1. The zero-order valence-corrected chi connectivity index (χ0v) is 12.6. The van der Waals surface area contributed by atoms with Gasteiger partial charge in [0.25, 0.3) is 0 Å². The van der Waals surface area contributed by atoms with E-state index in [-0.39, 0.29) is 23.8 Å². The SMILES string of the molecule is CCCNC(=O)CN1c2ccccc2C(C(N)=O)CC1C. The highest BCUT2D eigenvalue weighted by Gasteiger charge is 2.33. The Bertz CT molecular complexity index is 530. The average molecular weight is 289 g/mol. The first-order valence-electron chi connectivity index (χ1n) is 7.46. The third kappa shape index (κ3) is 3.35. The molecule has 3 N–H and O–H groups in total. The molecule has 0 saturated heterocycles. The highest BCUT2D eigenvalue weighted by atomic mass is 16.2. The molecule has 0 spiro atoms. The van der Waals surface area contributed by atoms with Crippen LogP contribution >= 0.6 is 0 Å². The van der Waals surface area contributed by atoms with Gasteiger partial charge in [0.2, 0.25) is 11.8 Å². The molecule has 2 amide bonds. The van der Waals surface area contributed by atoms with Gasteiger partial charge in [-0.3, -0.25) is 9.59 Å². The molecule has 21 heavy (non-hydrogen) atoms. The van der Waals surface area contributed by atoms with Crippen molar-refractivity contribution in [1.82, 2.24) is 5.32 Å². The number of primary amides is 1. The molecular weight excluding hydrogens is 266 g/mol. The van der Waals surface area contributed by atoms with E-state index in [4.69, 9.17) is 5.73 Å². The standard InChI is InChI=1S/C16H23N3O2/c1-3-8-18-15(20)10-19-11(2)9-13(16(17)21)12-6-4-5-7-14(12)19/h4-7,11,13H,3,8-10H2,1-2H3,(H2,17,21)(H,18,20). The molecule has 1 aromatic rings. The summed E-state index contributed by atoms with van der Waals surface area (Å²) in [5.74, 6) is -0.563. The van der Waals surface area contributed by atoms with Crippen LogP contribution in [0.15, 0.2) is 24.3 Å². The number of fused-ring (bicyclic) bond motifs is 1. The van der Waals surface area contributed by atoms with Gasteiger partial charge in [-0.05, 0) is 31.4 Å². The number of carbonyl (C=O) groups excluding carboxylic acids is 2. The van der Waals surface area contributed by atoms with Gasteiger partial charge in [0.15, 0.2) is 0 Å². The number of rotatable bonds is 5. The van der Waals surface area contributed by atoms with Gasteiger partial charge in [-0.1, -0.05) is 25.1 Å². The summed E-state index contributed by atoms with van der Waals surface area (Å²) in [5, 5.41) is 2.89. The normalized spacial score (nSPS) is 20.8. The Hall–Kier alpha value is -2.04. The van der Waals surface area contributed by atoms with E-state index in [1.165, 1.54) is 0 Å². The number of nitrogens with zero attached hydrogens (tertiary/aromatic N) is 1. The highest BCUT2D eigenvalue weighted by Crippen LogP contribution is 2.37. The van der Waals surface area contributed by atoms with Crippen molar-refractivity contribution < 1.29 is 9.59 Å². The fraction of sp³-hybridized carbons (Fsp3) is 0.500. The maximum Gasteiger partial charge on any atom is 0.239 e. The number of para-hydroxylation sites is 1. The molecular formula is C16H23N3O2. The molecule has 2 unspecified atom stereocenters. The van der Waals surface area contributed by atoms with E-state index in [0.717, 1.165) is 17.7 Å². The summed E-state index contributed by atoms with van der Waals surface area (Å²) in [6.45, 7) is 5.05. The Morgan fingerprint density at radius 3 is 2.76 bits per heavy atom. The van der Waals surface area contributed by atoms with Crippen molar-refractivity contribution in [1.29, 1.82) is 0 Å². The molecule has 1 heterocycles. The Kier molecular flexibility index (Phi) is 4.83. The van der Waals surface area contributed by atoms with Crippen LogP contribution in [0.25, 0.3) is 0 Å². The number of anilines is 1. The first-order valence-corrected chi connectivity index (χ1v) is 7.46. The van der Waals surface area contributed by atoms with Crippen LogP contribution in [0.5, 0.6) is 0 Å². The van der Waals surface area contributed by atoms with Gasteiger partial charge in [-0.25, -0.2) is 0 Å². The van der Waals surface area contributed by atoms with Crippen LogP contribution in [0.2, 0.25) is 0 Å². The Morgan fingerprint density at radius 2 is 2.10 bits per heavy atom. The summed E-state index contributed by atoms with van der Waals surface area (Å²) >= 11 is 0. The molecule has 1 aliphatic rings.